The van der Waals surface area contributed by atoms with Gasteiger partial charge in [0.1, 0.15) is 17.7 Å². The number of rotatable bonds is 3. The van der Waals surface area contributed by atoms with Crippen molar-refractivity contribution in [1.82, 2.24) is 5.32 Å². The first-order valence-electron chi connectivity index (χ1n) is 7.96. The highest BCUT2D eigenvalue weighted by Gasteiger charge is 2.17. The molecule has 3 N–H and O–H groups in total. The number of nitrogens with zero attached hydrogens (tertiary/aromatic N) is 1. The number of nitrogens with one attached hydrogen (secondary N) is 3. The first kappa shape index (κ1) is 17.8. The van der Waals surface area contributed by atoms with Crippen molar-refractivity contribution in [2.24, 2.45) is 0 Å². The number of carbonyl (C=O) groups is 1. The Morgan fingerprint density at radius 1 is 1.19 bits per heavy atom. The van der Waals surface area contributed by atoms with Crippen molar-refractivity contribution in [2.75, 3.05) is 30.3 Å². The van der Waals surface area contributed by atoms with Gasteiger partial charge in [-0.25, -0.2) is 13.6 Å². The topological polar surface area (TPSA) is 86.2 Å². The molecule has 1 aliphatic heterocycles. The summed E-state index contributed by atoms with van der Waals surface area (Å²) in [7, 11) is 0. The van der Waals surface area contributed by atoms with Gasteiger partial charge in [-0.15, -0.1) is 0 Å². The van der Waals surface area contributed by atoms with Crippen LogP contribution in [0.25, 0.3) is 0 Å². The SMILES string of the molecule is N#Cc1cc(NC(=O)Nc2ccc([C@@H]3CNCCO3)cc2F)ccc1F. The van der Waals surface area contributed by atoms with E-state index < -0.39 is 17.7 Å². The highest BCUT2D eigenvalue weighted by molar-refractivity contribution is 5.99. The Labute approximate surface area is 148 Å². The van der Waals surface area contributed by atoms with Crippen LogP contribution in [-0.4, -0.2) is 25.7 Å². The smallest absolute Gasteiger partial charge is 0.323 e. The highest BCUT2D eigenvalue weighted by atomic mass is 19.1. The molecule has 2 amide bonds. The largest absolute Gasteiger partial charge is 0.371 e. The second kappa shape index (κ2) is 7.91. The summed E-state index contributed by atoms with van der Waals surface area (Å²) < 4.78 is 33.1. The van der Waals surface area contributed by atoms with Gasteiger partial charge >= 0.3 is 6.03 Å². The van der Waals surface area contributed by atoms with Crippen LogP contribution in [0.2, 0.25) is 0 Å². The number of ether oxygens (including phenoxy) is 1. The summed E-state index contributed by atoms with van der Waals surface area (Å²) in [5, 5.41) is 16.8. The molecule has 3 rings (SSSR count). The molecule has 0 unspecified atom stereocenters. The molecule has 6 nitrogen and oxygen atoms in total. The molecule has 0 saturated carbocycles. The maximum absolute atomic E-state index is 14.3. The van der Waals surface area contributed by atoms with Crippen LogP contribution >= 0.6 is 0 Å². The van der Waals surface area contributed by atoms with E-state index in [1.807, 2.05) is 0 Å². The van der Waals surface area contributed by atoms with Gasteiger partial charge in [-0.05, 0) is 35.9 Å². The van der Waals surface area contributed by atoms with Gasteiger partial charge in [-0.3, -0.25) is 0 Å². The van der Waals surface area contributed by atoms with Crippen molar-refractivity contribution in [3.05, 3.63) is 59.2 Å². The number of amides is 2. The average molecular weight is 358 g/mol. The van der Waals surface area contributed by atoms with Crippen LogP contribution in [0.15, 0.2) is 36.4 Å². The fourth-order valence-electron chi connectivity index (χ4n) is 2.59. The van der Waals surface area contributed by atoms with Crippen LogP contribution in [0.5, 0.6) is 0 Å². The van der Waals surface area contributed by atoms with Crippen LogP contribution in [0.4, 0.5) is 25.0 Å². The van der Waals surface area contributed by atoms with E-state index >= 15 is 0 Å². The minimum Gasteiger partial charge on any atom is -0.371 e. The van der Waals surface area contributed by atoms with E-state index in [4.69, 9.17) is 10.00 Å². The number of hydrogen-bond donors (Lipinski definition) is 3. The lowest BCUT2D eigenvalue weighted by atomic mass is 10.1. The van der Waals surface area contributed by atoms with E-state index in [9.17, 15) is 13.6 Å². The third-order valence-corrected chi connectivity index (χ3v) is 3.89. The maximum atomic E-state index is 14.3. The third-order valence-electron chi connectivity index (χ3n) is 3.89. The molecule has 1 fully saturated rings. The Kier molecular flexibility index (Phi) is 5.41. The number of anilines is 2. The fraction of sp³-hybridized carbons (Fsp3) is 0.222. The standard InChI is InChI=1S/C18H16F2N4O2/c19-14-3-2-13(7-12(14)9-21)23-18(25)24-16-4-1-11(8-15(16)20)17-10-22-5-6-26-17/h1-4,7-8,17,22H,5-6,10H2,(H2,23,24,25)/t17-/m0/s1. The van der Waals surface area contributed by atoms with Gasteiger partial charge in [0.2, 0.25) is 0 Å². The first-order chi connectivity index (χ1) is 12.6. The number of urea groups is 1. The number of benzene rings is 2. The van der Waals surface area contributed by atoms with Crippen LogP contribution in [-0.2, 0) is 4.74 Å². The zero-order chi connectivity index (χ0) is 18.5. The molecule has 134 valence electrons. The average Bonchev–Trinajstić information content (AvgIpc) is 2.65. The second-order valence-electron chi connectivity index (χ2n) is 5.69. The van der Waals surface area contributed by atoms with E-state index in [1.165, 1.54) is 24.3 Å². The van der Waals surface area contributed by atoms with Gasteiger partial charge in [0.25, 0.3) is 0 Å². The van der Waals surface area contributed by atoms with E-state index in [0.29, 0.717) is 18.7 Å². The number of hydrogen-bond acceptors (Lipinski definition) is 4. The van der Waals surface area contributed by atoms with Gasteiger partial charge in [0, 0.05) is 18.8 Å². The Bertz CT molecular complexity index is 861. The molecule has 0 bridgehead atoms. The summed E-state index contributed by atoms with van der Waals surface area (Å²) in [6, 6.07) is 9.00. The predicted molar refractivity (Wildman–Crippen MR) is 91.7 cm³/mol. The van der Waals surface area contributed by atoms with Crippen molar-refractivity contribution < 1.29 is 18.3 Å². The molecular formula is C18H16F2N4O2. The van der Waals surface area contributed by atoms with E-state index in [2.05, 4.69) is 16.0 Å². The van der Waals surface area contributed by atoms with Crippen molar-refractivity contribution in [3.8, 4) is 6.07 Å². The quantitative estimate of drug-likeness (QED) is 0.787. The predicted octanol–water partition coefficient (Wildman–Crippen LogP) is 3.14. The van der Waals surface area contributed by atoms with Crippen molar-refractivity contribution in [3.63, 3.8) is 0 Å². The summed E-state index contributed by atoms with van der Waals surface area (Å²) in [4.78, 5) is 12.0. The van der Waals surface area contributed by atoms with Gasteiger partial charge in [-0.2, -0.15) is 5.26 Å². The molecule has 1 atom stereocenters. The molecule has 0 spiro atoms. The molecule has 0 aliphatic carbocycles. The third kappa shape index (κ3) is 4.14. The zero-order valence-electron chi connectivity index (χ0n) is 13.7. The summed E-state index contributed by atoms with van der Waals surface area (Å²) in [5.41, 5.74) is 0.703. The van der Waals surface area contributed by atoms with Crippen LogP contribution in [0.3, 0.4) is 0 Å². The lowest BCUT2D eigenvalue weighted by Gasteiger charge is -2.24. The van der Waals surface area contributed by atoms with Crippen molar-refractivity contribution in [2.45, 2.75) is 6.10 Å². The molecular weight excluding hydrogens is 342 g/mol. The lowest BCUT2D eigenvalue weighted by molar-refractivity contribution is 0.0275. The molecule has 2 aromatic carbocycles. The maximum Gasteiger partial charge on any atom is 0.323 e. The summed E-state index contributed by atoms with van der Waals surface area (Å²) in [5.74, 6) is -1.27. The molecule has 0 aromatic heterocycles. The fourth-order valence-corrected chi connectivity index (χ4v) is 2.59. The first-order valence-corrected chi connectivity index (χ1v) is 7.96. The molecule has 1 heterocycles. The number of nitriles is 1. The minimum atomic E-state index is -0.706. The van der Waals surface area contributed by atoms with Gasteiger partial charge < -0.3 is 20.7 Å². The molecule has 1 saturated heterocycles. The minimum absolute atomic E-state index is 0.00219. The van der Waals surface area contributed by atoms with Gasteiger partial charge in [0.05, 0.1) is 24.0 Å². The number of carbonyl (C=O) groups excluding carboxylic acids is 1. The number of morpholine rings is 1. The normalized spacial score (nSPS) is 16.6. The Hall–Kier alpha value is -3.02. The molecule has 26 heavy (non-hydrogen) atoms. The van der Waals surface area contributed by atoms with E-state index in [1.54, 1.807) is 12.1 Å². The Morgan fingerprint density at radius 3 is 2.73 bits per heavy atom. The molecule has 2 aromatic rings. The zero-order valence-corrected chi connectivity index (χ0v) is 13.7. The number of halogens is 2. The van der Waals surface area contributed by atoms with Crippen LogP contribution in [0, 0.1) is 23.0 Å². The van der Waals surface area contributed by atoms with Crippen molar-refractivity contribution in [1.29, 1.82) is 5.26 Å². The van der Waals surface area contributed by atoms with E-state index in [-0.39, 0.29) is 23.0 Å². The van der Waals surface area contributed by atoms with Crippen LogP contribution < -0.4 is 16.0 Å². The summed E-state index contributed by atoms with van der Waals surface area (Å²) >= 11 is 0. The Morgan fingerprint density at radius 2 is 2.04 bits per heavy atom. The Balaban J connectivity index is 1.66. The summed E-state index contributed by atoms with van der Waals surface area (Å²) in [6.07, 6.45) is -0.232. The highest BCUT2D eigenvalue weighted by Crippen LogP contribution is 2.24. The monoisotopic (exact) mass is 358 g/mol. The molecule has 1 aliphatic rings. The van der Waals surface area contributed by atoms with Gasteiger partial charge in [0.15, 0.2) is 0 Å². The summed E-state index contributed by atoms with van der Waals surface area (Å²) in [6.45, 7) is 1.91. The van der Waals surface area contributed by atoms with E-state index in [0.717, 1.165) is 12.6 Å². The second-order valence-corrected chi connectivity index (χ2v) is 5.69. The van der Waals surface area contributed by atoms with Crippen LogP contribution in [0.1, 0.15) is 17.2 Å². The van der Waals surface area contributed by atoms with Gasteiger partial charge in [-0.1, -0.05) is 6.07 Å². The lowest BCUT2D eigenvalue weighted by Crippen LogP contribution is -2.33. The van der Waals surface area contributed by atoms with Crippen molar-refractivity contribution >= 4 is 17.4 Å². The molecule has 0 radical (unpaired) electrons. The molecule has 8 heteroatoms.